The van der Waals surface area contributed by atoms with E-state index in [-0.39, 0.29) is 27.9 Å². The number of ketones is 1. The molecule has 0 fully saturated rings. The van der Waals surface area contributed by atoms with Gasteiger partial charge in [0.15, 0.2) is 5.78 Å². The molecular formula is C21H17Cl6NO. The molecule has 154 valence electrons. The molecule has 8 heteroatoms. The second-order valence-electron chi connectivity index (χ2n) is 7.39. The third kappa shape index (κ3) is 4.54. The van der Waals surface area contributed by atoms with Crippen LogP contribution in [0.3, 0.4) is 0 Å². The number of benzene rings is 2. The molecule has 0 radical (unpaired) electrons. The molecule has 2 nitrogen and oxygen atoms in total. The van der Waals surface area contributed by atoms with Gasteiger partial charge in [0.25, 0.3) is 0 Å². The molecule has 1 heterocycles. The van der Waals surface area contributed by atoms with Gasteiger partial charge in [-0.1, -0.05) is 102 Å². The molecular weight excluding hydrogens is 495 g/mol. The Morgan fingerprint density at radius 1 is 0.931 bits per heavy atom. The van der Waals surface area contributed by atoms with Crippen molar-refractivity contribution < 1.29 is 4.79 Å². The van der Waals surface area contributed by atoms with E-state index in [4.69, 9.17) is 69.6 Å². The summed E-state index contributed by atoms with van der Waals surface area (Å²) in [7, 11) is 1.93. The van der Waals surface area contributed by atoms with E-state index in [0.29, 0.717) is 0 Å². The van der Waals surface area contributed by atoms with Crippen molar-refractivity contribution in [1.29, 1.82) is 0 Å². The molecule has 29 heavy (non-hydrogen) atoms. The van der Waals surface area contributed by atoms with Gasteiger partial charge in [-0.2, -0.15) is 0 Å². The Bertz CT molecular complexity index is 969. The summed E-state index contributed by atoms with van der Waals surface area (Å²) >= 11 is 36.1. The van der Waals surface area contributed by atoms with E-state index in [1.807, 2.05) is 30.1 Å². The Kier molecular flexibility index (Phi) is 6.22. The molecule has 0 saturated heterocycles. The zero-order valence-corrected chi connectivity index (χ0v) is 20.3. The number of rotatable bonds is 2. The maximum Gasteiger partial charge on any atom is 0.216 e. The van der Waals surface area contributed by atoms with Crippen LogP contribution in [-0.2, 0) is 13.0 Å². The number of allylic oxidation sites excluding steroid dienone is 2. The minimum atomic E-state index is -1.77. The average Bonchev–Trinajstić information content (AvgIpc) is 2.81. The maximum atomic E-state index is 13.2. The van der Waals surface area contributed by atoms with Gasteiger partial charge in [0.05, 0.1) is 0 Å². The van der Waals surface area contributed by atoms with E-state index in [2.05, 4.69) is 19.9 Å². The molecule has 0 saturated carbocycles. The number of carbonyl (C=O) groups excluding carboxylic acids is 1. The molecule has 3 rings (SSSR count). The summed E-state index contributed by atoms with van der Waals surface area (Å²) in [4.78, 5) is 15.2. The van der Waals surface area contributed by atoms with Crippen molar-refractivity contribution in [3.05, 3.63) is 76.5 Å². The predicted molar refractivity (Wildman–Crippen MR) is 125 cm³/mol. The van der Waals surface area contributed by atoms with Crippen LogP contribution in [0, 0.1) is 0 Å². The van der Waals surface area contributed by atoms with Crippen LogP contribution < -0.4 is 4.90 Å². The second kappa shape index (κ2) is 7.82. The van der Waals surface area contributed by atoms with Crippen molar-refractivity contribution in [2.45, 2.75) is 26.8 Å². The van der Waals surface area contributed by atoms with E-state index in [9.17, 15) is 4.79 Å². The Balaban J connectivity index is 2.10. The minimum Gasteiger partial charge on any atom is -0.347 e. The van der Waals surface area contributed by atoms with E-state index in [1.165, 1.54) is 18.2 Å². The summed E-state index contributed by atoms with van der Waals surface area (Å²) in [5.74, 6) is -0.278. The molecule has 0 N–H and O–H groups in total. The van der Waals surface area contributed by atoms with Crippen molar-refractivity contribution in [1.82, 2.24) is 0 Å². The lowest BCUT2D eigenvalue weighted by Crippen LogP contribution is -2.24. The molecule has 0 bridgehead atoms. The predicted octanol–water partition coefficient (Wildman–Crippen LogP) is 7.83. The molecule has 0 spiro atoms. The van der Waals surface area contributed by atoms with Crippen LogP contribution in [0.1, 0.15) is 40.9 Å². The number of hydrogen-bond donors (Lipinski definition) is 0. The summed E-state index contributed by atoms with van der Waals surface area (Å²) in [6.07, 6.45) is 1.58. The second-order valence-corrected chi connectivity index (χ2v) is 12.0. The van der Waals surface area contributed by atoms with E-state index in [0.717, 1.165) is 16.9 Å². The van der Waals surface area contributed by atoms with Crippen molar-refractivity contribution >= 4 is 81.1 Å². The van der Waals surface area contributed by atoms with Crippen LogP contribution in [0.25, 0.3) is 0 Å². The highest BCUT2D eigenvalue weighted by molar-refractivity contribution is 6.67. The molecule has 0 aromatic heterocycles. The third-order valence-electron chi connectivity index (χ3n) is 5.08. The van der Waals surface area contributed by atoms with Crippen LogP contribution in [0.4, 0.5) is 5.69 Å². The number of nitrogens with zero attached hydrogens (tertiary/aromatic N) is 1. The van der Waals surface area contributed by atoms with Crippen LogP contribution >= 0.6 is 69.6 Å². The van der Waals surface area contributed by atoms with E-state index < -0.39 is 7.59 Å². The fourth-order valence-corrected chi connectivity index (χ4v) is 4.22. The first-order chi connectivity index (χ1) is 13.2. The molecule has 1 aliphatic heterocycles. The third-order valence-corrected chi connectivity index (χ3v) is 6.39. The van der Waals surface area contributed by atoms with Gasteiger partial charge >= 0.3 is 0 Å². The molecule has 2 aromatic rings. The fraction of sp³-hybridized carbons (Fsp3) is 0.286. The summed E-state index contributed by atoms with van der Waals surface area (Å²) in [5.41, 5.74) is 3.44. The quantitative estimate of drug-likeness (QED) is 0.232. The van der Waals surface area contributed by atoms with Gasteiger partial charge in [0.1, 0.15) is 0 Å². The number of para-hydroxylation sites is 1. The minimum absolute atomic E-state index is 0.246. The highest BCUT2D eigenvalue weighted by atomic mass is 35.6. The Hall–Kier alpha value is -0.610. The molecule has 0 atom stereocenters. The zero-order chi connectivity index (χ0) is 21.8. The number of carbonyl (C=O) groups is 1. The van der Waals surface area contributed by atoms with Gasteiger partial charge in [0, 0.05) is 46.6 Å². The standard InChI is InChI=1S/C21H17Cl6NO/c1-19(2)15-6-4-5-7-16(15)28(3)18(19)11-17(29)12-8-13(20(22,23)24)10-14(9-12)21(25,26)27/h4-11H,1-3H3/b18-11+. The van der Waals surface area contributed by atoms with Crippen LogP contribution in [0.5, 0.6) is 0 Å². The van der Waals surface area contributed by atoms with Gasteiger partial charge in [-0.3, -0.25) is 4.79 Å². The van der Waals surface area contributed by atoms with Gasteiger partial charge in [0.2, 0.25) is 7.59 Å². The number of hydrogen-bond acceptors (Lipinski definition) is 2. The Morgan fingerprint density at radius 3 is 1.93 bits per heavy atom. The lowest BCUT2D eigenvalue weighted by atomic mass is 9.83. The smallest absolute Gasteiger partial charge is 0.216 e. The van der Waals surface area contributed by atoms with Crippen LogP contribution in [-0.4, -0.2) is 12.8 Å². The van der Waals surface area contributed by atoms with Crippen molar-refractivity contribution in [2.24, 2.45) is 0 Å². The number of alkyl halides is 6. The lowest BCUT2D eigenvalue weighted by Gasteiger charge is -2.24. The van der Waals surface area contributed by atoms with Crippen molar-refractivity contribution in [3.63, 3.8) is 0 Å². The van der Waals surface area contributed by atoms with E-state index >= 15 is 0 Å². The monoisotopic (exact) mass is 509 g/mol. The normalized spacial score (nSPS) is 17.6. The zero-order valence-electron chi connectivity index (χ0n) is 15.7. The van der Waals surface area contributed by atoms with Crippen molar-refractivity contribution in [3.8, 4) is 0 Å². The highest BCUT2D eigenvalue weighted by Crippen LogP contribution is 2.47. The highest BCUT2D eigenvalue weighted by Gasteiger charge is 2.39. The molecule has 0 unspecified atom stereocenters. The summed E-state index contributed by atoms with van der Waals surface area (Å²) in [5, 5.41) is 0. The Morgan fingerprint density at radius 2 is 1.45 bits per heavy atom. The average molecular weight is 512 g/mol. The number of fused-ring (bicyclic) bond motifs is 1. The molecule has 0 aliphatic carbocycles. The van der Waals surface area contributed by atoms with Crippen molar-refractivity contribution in [2.75, 3.05) is 11.9 Å². The lowest BCUT2D eigenvalue weighted by molar-refractivity contribution is 0.104. The summed E-state index contributed by atoms with van der Waals surface area (Å²) in [6.45, 7) is 4.14. The molecule has 1 aliphatic rings. The Labute approximate surface area is 200 Å². The van der Waals surface area contributed by atoms with Crippen LogP contribution in [0.2, 0.25) is 0 Å². The van der Waals surface area contributed by atoms with Gasteiger partial charge in [-0.05, 0) is 29.8 Å². The first-order valence-corrected chi connectivity index (χ1v) is 10.9. The number of likely N-dealkylation sites (N-methyl/N-ethyl adjacent to an activating group) is 1. The first kappa shape index (κ1) is 23.1. The summed E-state index contributed by atoms with van der Waals surface area (Å²) < 4.78 is -3.54. The maximum absolute atomic E-state index is 13.2. The summed E-state index contributed by atoms with van der Waals surface area (Å²) in [6, 6.07) is 12.5. The van der Waals surface area contributed by atoms with E-state index in [1.54, 1.807) is 6.08 Å². The SMILES string of the molecule is CN1/C(=C/C(=O)c2cc(C(Cl)(Cl)Cl)cc(C(Cl)(Cl)Cl)c2)C(C)(C)c2ccccc21. The number of halogens is 6. The topological polar surface area (TPSA) is 20.3 Å². The molecule has 2 aromatic carbocycles. The van der Waals surface area contributed by atoms with Gasteiger partial charge in [-0.25, -0.2) is 0 Å². The number of anilines is 1. The molecule has 0 amide bonds. The first-order valence-electron chi connectivity index (χ1n) is 8.62. The fourth-order valence-electron chi connectivity index (χ4n) is 3.56. The largest absolute Gasteiger partial charge is 0.347 e. The van der Waals surface area contributed by atoms with Crippen LogP contribution in [0.15, 0.2) is 54.2 Å². The van der Waals surface area contributed by atoms with Gasteiger partial charge < -0.3 is 4.90 Å². The van der Waals surface area contributed by atoms with Gasteiger partial charge in [-0.15, -0.1) is 0 Å².